The largest absolute Gasteiger partial charge is 0.457 e. The van der Waals surface area contributed by atoms with Gasteiger partial charge in [-0.15, -0.1) is 0 Å². The van der Waals surface area contributed by atoms with Crippen molar-refractivity contribution in [3.8, 4) is 11.5 Å². The highest BCUT2D eigenvalue weighted by Crippen LogP contribution is 2.26. The Balaban J connectivity index is 1.72. The maximum atomic E-state index is 6.17. The predicted octanol–water partition coefficient (Wildman–Crippen LogP) is 4.76. The van der Waals surface area contributed by atoms with E-state index < -0.39 is 0 Å². The molecule has 1 aliphatic heterocycles. The van der Waals surface area contributed by atoms with E-state index in [2.05, 4.69) is 16.1 Å². The normalized spacial score (nSPS) is 15.4. The van der Waals surface area contributed by atoms with Crippen LogP contribution in [0.25, 0.3) is 0 Å². The van der Waals surface area contributed by atoms with Crippen molar-refractivity contribution < 1.29 is 4.74 Å². The lowest BCUT2D eigenvalue weighted by Gasteiger charge is -2.20. The summed E-state index contributed by atoms with van der Waals surface area (Å²) < 4.78 is 8.13. The van der Waals surface area contributed by atoms with Gasteiger partial charge in [-0.1, -0.05) is 43.2 Å². The molecule has 2 aromatic carbocycles. The molecule has 1 aromatic heterocycles. The molecule has 0 radical (unpaired) electrons. The SMILES string of the molecule is c1ccc(Oc2ccccc2C(=NN2CCCCCC2)n2ccnc2)cc1. The Morgan fingerprint density at radius 3 is 2.37 bits per heavy atom. The first-order valence-corrected chi connectivity index (χ1v) is 9.54. The maximum absolute atomic E-state index is 6.17. The van der Waals surface area contributed by atoms with Crippen LogP contribution >= 0.6 is 0 Å². The molecule has 4 rings (SSSR count). The van der Waals surface area contributed by atoms with Gasteiger partial charge >= 0.3 is 0 Å². The number of aromatic nitrogens is 2. The van der Waals surface area contributed by atoms with E-state index in [4.69, 9.17) is 9.84 Å². The number of hydrogen-bond donors (Lipinski definition) is 0. The van der Waals surface area contributed by atoms with Crippen LogP contribution in [-0.4, -0.2) is 33.5 Å². The number of para-hydroxylation sites is 2. The first kappa shape index (κ1) is 17.3. The first-order chi connectivity index (χ1) is 13.4. The average molecular weight is 360 g/mol. The van der Waals surface area contributed by atoms with Crippen LogP contribution in [0.15, 0.2) is 78.4 Å². The minimum absolute atomic E-state index is 0.783. The molecule has 0 aliphatic carbocycles. The van der Waals surface area contributed by atoms with Crippen LogP contribution in [0, 0.1) is 0 Å². The van der Waals surface area contributed by atoms with Crippen molar-refractivity contribution in [3.05, 3.63) is 78.9 Å². The van der Waals surface area contributed by atoms with Gasteiger partial charge in [-0.3, -0.25) is 9.58 Å². The Kier molecular flexibility index (Phi) is 5.48. The Morgan fingerprint density at radius 2 is 1.63 bits per heavy atom. The molecule has 0 amide bonds. The minimum Gasteiger partial charge on any atom is -0.457 e. The van der Waals surface area contributed by atoms with Gasteiger partial charge in [0.25, 0.3) is 0 Å². The summed E-state index contributed by atoms with van der Waals surface area (Å²) in [5, 5.41) is 7.19. The lowest BCUT2D eigenvalue weighted by molar-refractivity contribution is 0.299. The van der Waals surface area contributed by atoms with Crippen LogP contribution in [-0.2, 0) is 0 Å². The van der Waals surface area contributed by atoms with E-state index in [1.165, 1.54) is 25.7 Å². The van der Waals surface area contributed by atoms with Crippen molar-refractivity contribution in [2.24, 2.45) is 5.10 Å². The molecule has 1 aliphatic rings. The number of ether oxygens (including phenoxy) is 1. The number of rotatable bonds is 4. The van der Waals surface area contributed by atoms with E-state index in [1.807, 2.05) is 59.3 Å². The van der Waals surface area contributed by atoms with Crippen molar-refractivity contribution in [3.63, 3.8) is 0 Å². The molecular formula is C22H24N4O. The van der Waals surface area contributed by atoms with Gasteiger partial charge in [0, 0.05) is 25.5 Å². The molecule has 1 saturated heterocycles. The summed E-state index contributed by atoms with van der Waals surface area (Å²) in [5.74, 6) is 2.43. The molecule has 138 valence electrons. The van der Waals surface area contributed by atoms with Crippen LogP contribution in [0.4, 0.5) is 0 Å². The predicted molar refractivity (Wildman–Crippen MR) is 107 cm³/mol. The number of hydrogen-bond acceptors (Lipinski definition) is 4. The van der Waals surface area contributed by atoms with Gasteiger partial charge in [0.05, 0.1) is 5.56 Å². The average Bonchev–Trinajstić information content (AvgIpc) is 3.12. The lowest BCUT2D eigenvalue weighted by atomic mass is 10.1. The fourth-order valence-corrected chi connectivity index (χ4v) is 3.27. The molecule has 2 heterocycles. The molecule has 0 spiro atoms. The van der Waals surface area contributed by atoms with Gasteiger partial charge in [0.2, 0.25) is 0 Å². The molecule has 0 saturated carbocycles. The second-order valence-electron chi connectivity index (χ2n) is 6.67. The summed E-state index contributed by atoms with van der Waals surface area (Å²) in [7, 11) is 0. The molecular weight excluding hydrogens is 336 g/mol. The number of nitrogens with zero attached hydrogens (tertiary/aromatic N) is 4. The van der Waals surface area contributed by atoms with Crippen LogP contribution in [0.2, 0.25) is 0 Å². The molecule has 0 bridgehead atoms. The third kappa shape index (κ3) is 4.37. The van der Waals surface area contributed by atoms with E-state index in [-0.39, 0.29) is 0 Å². The molecule has 1 fully saturated rings. The number of hydrazone groups is 1. The fraction of sp³-hybridized carbons (Fsp3) is 0.273. The minimum atomic E-state index is 0.783. The third-order valence-corrected chi connectivity index (χ3v) is 4.67. The van der Waals surface area contributed by atoms with Gasteiger partial charge in [-0.2, -0.15) is 5.10 Å². The number of benzene rings is 2. The Labute approximate surface area is 159 Å². The van der Waals surface area contributed by atoms with Gasteiger partial charge < -0.3 is 4.74 Å². The van der Waals surface area contributed by atoms with E-state index >= 15 is 0 Å². The molecule has 5 heteroatoms. The zero-order valence-corrected chi connectivity index (χ0v) is 15.4. The Morgan fingerprint density at radius 1 is 0.889 bits per heavy atom. The molecule has 0 atom stereocenters. The summed E-state index contributed by atoms with van der Waals surface area (Å²) >= 11 is 0. The maximum Gasteiger partial charge on any atom is 0.169 e. The van der Waals surface area contributed by atoms with Crippen LogP contribution < -0.4 is 4.74 Å². The second kappa shape index (κ2) is 8.54. The Hall–Kier alpha value is -3.08. The van der Waals surface area contributed by atoms with Crippen molar-refractivity contribution in [2.45, 2.75) is 25.7 Å². The quantitative estimate of drug-likeness (QED) is 0.497. The molecule has 3 aromatic rings. The number of imidazole rings is 1. The highest BCUT2D eigenvalue weighted by molar-refractivity contribution is 6.02. The first-order valence-electron chi connectivity index (χ1n) is 9.54. The van der Waals surface area contributed by atoms with Gasteiger partial charge in [-0.25, -0.2) is 4.98 Å². The highest BCUT2D eigenvalue weighted by Gasteiger charge is 2.16. The zero-order valence-electron chi connectivity index (χ0n) is 15.4. The highest BCUT2D eigenvalue weighted by atomic mass is 16.5. The van der Waals surface area contributed by atoms with Crippen molar-refractivity contribution in [2.75, 3.05) is 13.1 Å². The van der Waals surface area contributed by atoms with Crippen LogP contribution in [0.5, 0.6) is 11.5 Å². The van der Waals surface area contributed by atoms with E-state index in [9.17, 15) is 0 Å². The summed E-state index contributed by atoms with van der Waals surface area (Å²) in [6.45, 7) is 1.97. The summed E-state index contributed by atoms with van der Waals surface area (Å²) in [6.07, 6.45) is 10.4. The third-order valence-electron chi connectivity index (χ3n) is 4.67. The van der Waals surface area contributed by atoms with Crippen LogP contribution in [0.3, 0.4) is 0 Å². The van der Waals surface area contributed by atoms with Crippen molar-refractivity contribution >= 4 is 5.84 Å². The smallest absolute Gasteiger partial charge is 0.169 e. The van der Waals surface area contributed by atoms with E-state index in [1.54, 1.807) is 12.5 Å². The van der Waals surface area contributed by atoms with E-state index in [0.29, 0.717) is 0 Å². The fourth-order valence-electron chi connectivity index (χ4n) is 3.27. The molecule has 27 heavy (non-hydrogen) atoms. The molecule has 0 unspecified atom stereocenters. The standard InChI is InChI=1S/C22H24N4O/c1-2-9-16-26(15-8-1)24-22(25-17-14-23-18-25)20-12-6-7-13-21(20)27-19-10-4-3-5-11-19/h3-7,10-14,17-18H,1-2,8-9,15-16H2. The van der Waals surface area contributed by atoms with Crippen molar-refractivity contribution in [1.82, 2.24) is 14.6 Å². The van der Waals surface area contributed by atoms with Gasteiger partial charge in [0.1, 0.15) is 17.8 Å². The monoisotopic (exact) mass is 360 g/mol. The summed E-state index contributed by atoms with van der Waals surface area (Å²) in [6, 6.07) is 17.9. The van der Waals surface area contributed by atoms with Crippen LogP contribution in [0.1, 0.15) is 31.2 Å². The van der Waals surface area contributed by atoms with Crippen molar-refractivity contribution in [1.29, 1.82) is 0 Å². The Bertz CT molecular complexity index is 866. The summed E-state index contributed by atoms with van der Waals surface area (Å²) in [4.78, 5) is 4.22. The lowest BCUT2D eigenvalue weighted by Crippen LogP contribution is -2.24. The van der Waals surface area contributed by atoms with E-state index in [0.717, 1.165) is 36.0 Å². The van der Waals surface area contributed by atoms with Gasteiger partial charge in [0.15, 0.2) is 5.84 Å². The zero-order chi connectivity index (χ0) is 18.3. The summed E-state index contributed by atoms with van der Waals surface area (Å²) in [5.41, 5.74) is 0.948. The second-order valence-corrected chi connectivity index (χ2v) is 6.67. The van der Waals surface area contributed by atoms with Gasteiger partial charge in [-0.05, 0) is 37.1 Å². The molecule has 5 nitrogen and oxygen atoms in total. The topological polar surface area (TPSA) is 42.6 Å². The molecule has 0 N–H and O–H groups in total.